The number of hydrogen-bond acceptors (Lipinski definition) is 1. The molecule has 0 aliphatic rings. The number of rotatable bonds is 1. The van der Waals surface area contributed by atoms with Gasteiger partial charge in [0.15, 0.2) is 4.77 Å². The Morgan fingerprint density at radius 1 is 1.11 bits per heavy atom. The summed E-state index contributed by atoms with van der Waals surface area (Å²) in [4.78, 5) is 3.16. The van der Waals surface area contributed by atoms with E-state index >= 15 is 0 Å². The Balaban J connectivity index is 2.42. The van der Waals surface area contributed by atoms with E-state index in [-0.39, 0.29) is 0 Å². The van der Waals surface area contributed by atoms with Gasteiger partial charge in [-0.15, -0.1) is 0 Å². The lowest BCUT2D eigenvalue weighted by molar-refractivity contribution is 1.06. The number of halogens is 2. The first-order valence-corrected chi connectivity index (χ1v) is 6.89. The van der Waals surface area contributed by atoms with Crippen molar-refractivity contribution in [3.8, 4) is 5.69 Å². The van der Waals surface area contributed by atoms with Crippen LogP contribution in [0.15, 0.2) is 36.4 Å². The zero-order valence-corrected chi connectivity index (χ0v) is 12.4. The zero-order valence-electron chi connectivity index (χ0n) is 10.1. The van der Waals surface area contributed by atoms with Gasteiger partial charge in [-0.2, -0.15) is 0 Å². The molecule has 19 heavy (non-hydrogen) atoms. The van der Waals surface area contributed by atoms with Gasteiger partial charge in [0.2, 0.25) is 0 Å². The highest BCUT2D eigenvalue weighted by Crippen LogP contribution is 2.27. The van der Waals surface area contributed by atoms with Crippen molar-refractivity contribution in [2.75, 3.05) is 0 Å². The third-order valence-electron chi connectivity index (χ3n) is 2.99. The third kappa shape index (κ3) is 2.18. The van der Waals surface area contributed by atoms with Crippen LogP contribution in [-0.4, -0.2) is 9.55 Å². The molecule has 1 N–H and O–H groups in total. The van der Waals surface area contributed by atoms with Crippen molar-refractivity contribution in [2.24, 2.45) is 0 Å². The highest BCUT2D eigenvalue weighted by molar-refractivity contribution is 7.71. The number of fused-ring (bicyclic) bond motifs is 1. The Kier molecular flexibility index (Phi) is 3.13. The molecule has 2 nitrogen and oxygen atoms in total. The third-order valence-corrected chi connectivity index (χ3v) is 3.83. The van der Waals surface area contributed by atoms with Gasteiger partial charge in [-0.25, -0.2) is 0 Å². The van der Waals surface area contributed by atoms with Crippen LogP contribution in [-0.2, 0) is 0 Å². The van der Waals surface area contributed by atoms with Crippen LogP contribution in [0.3, 0.4) is 0 Å². The summed E-state index contributed by atoms with van der Waals surface area (Å²) in [5.74, 6) is 0. The Morgan fingerprint density at radius 3 is 2.68 bits per heavy atom. The molecule has 5 heteroatoms. The average molecular weight is 309 g/mol. The fraction of sp³-hybridized carbons (Fsp3) is 0.0714. The number of aromatic nitrogens is 2. The van der Waals surface area contributed by atoms with Crippen molar-refractivity contribution in [2.45, 2.75) is 6.92 Å². The molecule has 0 aliphatic heterocycles. The van der Waals surface area contributed by atoms with E-state index in [1.165, 1.54) is 0 Å². The van der Waals surface area contributed by atoms with Crippen LogP contribution in [0.25, 0.3) is 16.7 Å². The van der Waals surface area contributed by atoms with Gasteiger partial charge in [-0.05, 0) is 55.0 Å². The summed E-state index contributed by atoms with van der Waals surface area (Å²) in [7, 11) is 0. The van der Waals surface area contributed by atoms with Gasteiger partial charge in [0.1, 0.15) is 0 Å². The van der Waals surface area contributed by atoms with Crippen molar-refractivity contribution in [3.63, 3.8) is 0 Å². The molecule has 0 spiro atoms. The van der Waals surface area contributed by atoms with Gasteiger partial charge in [0, 0.05) is 5.02 Å². The summed E-state index contributed by atoms with van der Waals surface area (Å²) < 4.78 is 2.51. The predicted octanol–water partition coefficient (Wildman–Crippen LogP) is 5.30. The van der Waals surface area contributed by atoms with Crippen molar-refractivity contribution < 1.29 is 0 Å². The van der Waals surface area contributed by atoms with Crippen molar-refractivity contribution >= 4 is 46.5 Å². The molecule has 0 fully saturated rings. The smallest absolute Gasteiger partial charge is 0.182 e. The maximum atomic E-state index is 6.29. The van der Waals surface area contributed by atoms with E-state index in [2.05, 4.69) is 4.98 Å². The number of H-pyrrole nitrogens is 1. The predicted molar refractivity (Wildman–Crippen MR) is 83.2 cm³/mol. The number of benzene rings is 2. The fourth-order valence-corrected chi connectivity index (χ4v) is 2.78. The summed E-state index contributed by atoms with van der Waals surface area (Å²) >= 11 is 17.7. The van der Waals surface area contributed by atoms with Gasteiger partial charge in [-0.3, -0.25) is 4.57 Å². The molecule has 0 saturated carbocycles. The molecule has 0 amide bonds. The number of aromatic amines is 1. The molecule has 0 bridgehead atoms. The van der Waals surface area contributed by atoms with Crippen molar-refractivity contribution in [1.29, 1.82) is 0 Å². The largest absolute Gasteiger partial charge is 0.330 e. The minimum absolute atomic E-state index is 0.602. The molecular weight excluding hydrogens is 299 g/mol. The molecule has 0 unspecified atom stereocenters. The van der Waals surface area contributed by atoms with E-state index in [1.807, 2.05) is 47.9 Å². The zero-order chi connectivity index (χ0) is 13.6. The minimum Gasteiger partial charge on any atom is -0.330 e. The first kappa shape index (κ1) is 12.7. The highest BCUT2D eigenvalue weighted by atomic mass is 35.5. The topological polar surface area (TPSA) is 20.7 Å². The van der Waals surface area contributed by atoms with Gasteiger partial charge < -0.3 is 4.98 Å². The van der Waals surface area contributed by atoms with Crippen LogP contribution in [0.5, 0.6) is 0 Å². The summed E-state index contributed by atoms with van der Waals surface area (Å²) in [5, 5.41) is 1.32. The van der Waals surface area contributed by atoms with E-state index in [0.29, 0.717) is 14.8 Å². The summed E-state index contributed by atoms with van der Waals surface area (Å²) in [5.41, 5.74) is 3.84. The van der Waals surface area contributed by atoms with E-state index < -0.39 is 0 Å². The SMILES string of the molecule is Cc1ccc(Cl)c(-n2c(=S)[nH]c3ccc(Cl)cc32)c1. The van der Waals surface area contributed by atoms with Crippen LogP contribution < -0.4 is 0 Å². The van der Waals surface area contributed by atoms with Gasteiger partial charge in [0.25, 0.3) is 0 Å². The maximum Gasteiger partial charge on any atom is 0.182 e. The van der Waals surface area contributed by atoms with E-state index in [4.69, 9.17) is 35.4 Å². The molecule has 2 aromatic carbocycles. The van der Waals surface area contributed by atoms with Crippen LogP contribution in [0.1, 0.15) is 5.56 Å². The number of nitrogens with zero attached hydrogens (tertiary/aromatic N) is 1. The van der Waals surface area contributed by atoms with Crippen molar-refractivity contribution in [3.05, 3.63) is 56.8 Å². The number of imidazole rings is 1. The maximum absolute atomic E-state index is 6.29. The average Bonchev–Trinajstić information content (AvgIpc) is 2.68. The Hall–Kier alpha value is -1.29. The van der Waals surface area contributed by atoms with Crippen LogP contribution in [0.4, 0.5) is 0 Å². The lowest BCUT2D eigenvalue weighted by Gasteiger charge is -2.08. The molecule has 96 valence electrons. The van der Waals surface area contributed by atoms with Gasteiger partial charge >= 0.3 is 0 Å². The second-order valence-electron chi connectivity index (χ2n) is 4.38. The van der Waals surface area contributed by atoms with Crippen LogP contribution in [0, 0.1) is 11.7 Å². The Bertz CT molecular complexity index is 833. The number of nitrogens with one attached hydrogen (secondary N) is 1. The lowest BCUT2D eigenvalue weighted by Crippen LogP contribution is -1.95. The van der Waals surface area contributed by atoms with Gasteiger partial charge in [-0.1, -0.05) is 29.3 Å². The van der Waals surface area contributed by atoms with Crippen LogP contribution in [0.2, 0.25) is 10.0 Å². The Morgan fingerprint density at radius 2 is 1.89 bits per heavy atom. The minimum atomic E-state index is 0.602. The molecule has 1 aromatic heterocycles. The summed E-state index contributed by atoms with van der Waals surface area (Å²) in [6.45, 7) is 2.02. The lowest BCUT2D eigenvalue weighted by atomic mass is 10.2. The molecule has 0 atom stereocenters. The molecule has 1 heterocycles. The van der Waals surface area contributed by atoms with E-state index in [1.54, 1.807) is 0 Å². The molecule has 3 rings (SSSR count). The summed E-state index contributed by atoms with van der Waals surface area (Å²) in [6, 6.07) is 11.5. The van der Waals surface area contributed by atoms with Gasteiger partial charge in [0.05, 0.1) is 21.7 Å². The monoisotopic (exact) mass is 308 g/mol. The van der Waals surface area contributed by atoms with E-state index in [0.717, 1.165) is 22.3 Å². The van der Waals surface area contributed by atoms with E-state index in [9.17, 15) is 0 Å². The van der Waals surface area contributed by atoms with Crippen molar-refractivity contribution in [1.82, 2.24) is 9.55 Å². The molecule has 3 aromatic rings. The highest BCUT2D eigenvalue weighted by Gasteiger charge is 2.10. The molecular formula is C14H10Cl2N2S. The standard InChI is InChI=1S/C14H10Cl2N2S/c1-8-2-4-10(16)12(6-8)18-13-7-9(15)3-5-11(13)17-14(18)19/h2-7H,1H3,(H,17,19). The molecule has 0 radical (unpaired) electrons. The first-order valence-electron chi connectivity index (χ1n) is 5.73. The second-order valence-corrected chi connectivity index (χ2v) is 5.61. The quantitative estimate of drug-likeness (QED) is 0.605. The number of hydrogen-bond donors (Lipinski definition) is 1. The molecule has 0 saturated heterocycles. The summed E-state index contributed by atoms with van der Waals surface area (Å²) in [6.07, 6.45) is 0. The Labute approximate surface area is 125 Å². The fourth-order valence-electron chi connectivity index (χ4n) is 2.11. The normalized spacial score (nSPS) is 11.1. The number of aryl methyl sites for hydroxylation is 1. The first-order chi connectivity index (χ1) is 9.06. The molecule has 0 aliphatic carbocycles. The van der Waals surface area contributed by atoms with Crippen LogP contribution >= 0.6 is 35.4 Å². The second kappa shape index (κ2) is 4.67.